The van der Waals surface area contributed by atoms with Gasteiger partial charge in [0.25, 0.3) is 0 Å². The summed E-state index contributed by atoms with van der Waals surface area (Å²) in [5, 5.41) is 8.20. The van der Waals surface area contributed by atoms with Crippen LogP contribution in [0.15, 0.2) is 23.3 Å². The van der Waals surface area contributed by atoms with Crippen LogP contribution >= 0.6 is 0 Å². The molecule has 13 heavy (non-hydrogen) atoms. The van der Waals surface area contributed by atoms with E-state index in [2.05, 4.69) is 19.9 Å². The van der Waals surface area contributed by atoms with Gasteiger partial charge in [0.2, 0.25) is 6.19 Å². The van der Waals surface area contributed by atoms with E-state index in [0.29, 0.717) is 11.5 Å². The molecule has 0 aliphatic heterocycles. The Morgan fingerprint density at radius 2 is 2.54 bits per heavy atom. The average molecular weight is 171 g/mol. The van der Waals surface area contributed by atoms with E-state index in [-0.39, 0.29) is 0 Å². The van der Waals surface area contributed by atoms with E-state index in [4.69, 9.17) is 5.26 Å². The minimum Gasteiger partial charge on any atom is -0.336 e. The maximum absolute atomic E-state index is 8.20. The van der Waals surface area contributed by atoms with E-state index in [9.17, 15) is 0 Å². The van der Waals surface area contributed by atoms with Crippen molar-refractivity contribution in [3.63, 3.8) is 0 Å². The van der Waals surface area contributed by atoms with Gasteiger partial charge in [0.15, 0.2) is 11.5 Å². The van der Waals surface area contributed by atoms with Crippen LogP contribution in [0.5, 0.6) is 0 Å². The van der Waals surface area contributed by atoms with Crippen molar-refractivity contribution in [1.29, 1.82) is 5.26 Å². The number of nitrogens with zero attached hydrogens (tertiary/aromatic N) is 4. The minimum absolute atomic E-state index is 0.537. The summed E-state index contributed by atoms with van der Waals surface area (Å²) in [4.78, 5) is 14.5. The number of hydrogen-bond donors (Lipinski definition) is 1. The molecule has 0 bridgehead atoms. The quantitative estimate of drug-likeness (QED) is 0.510. The molecule has 2 aromatic rings. The second-order valence-electron chi connectivity index (χ2n) is 2.35. The average Bonchev–Trinajstić information content (AvgIpc) is 2.57. The number of H-pyrrole nitrogens is 1. The molecule has 2 rings (SSSR count). The van der Waals surface area contributed by atoms with Crippen molar-refractivity contribution in [3.8, 4) is 6.19 Å². The standard InChI is InChI=1S/C8H5N5/c9-5-10-4-7-12-6-2-1-3-11-8(6)13-7/h1-4H,(H,11,12,13). The fourth-order valence-electron chi connectivity index (χ4n) is 1.01. The number of fused-ring (bicyclic) bond motifs is 1. The third kappa shape index (κ3) is 1.37. The van der Waals surface area contributed by atoms with Crippen molar-refractivity contribution in [2.24, 2.45) is 4.99 Å². The predicted octanol–water partition coefficient (Wildman–Crippen LogP) is 0.858. The Morgan fingerprint density at radius 3 is 3.31 bits per heavy atom. The SMILES string of the molecule is N#CN=Cc1nc2ncccc2[nH]1. The number of nitriles is 1. The molecule has 0 amide bonds. The van der Waals surface area contributed by atoms with Gasteiger partial charge >= 0.3 is 0 Å². The smallest absolute Gasteiger partial charge is 0.205 e. The van der Waals surface area contributed by atoms with Gasteiger partial charge in [-0.05, 0) is 12.1 Å². The molecule has 0 spiro atoms. The first-order valence-corrected chi connectivity index (χ1v) is 3.63. The molecular formula is C8H5N5. The fraction of sp³-hybridized carbons (Fsp3) is 0. The van der Waals surface area contributed by atoms with Crippen LogP contribution in [0.2, 0.25) is 0 Å². The first kappa shape index (κ1) is 7.43. The Hall–Kier alpha value is -2.22. The van der Waals surface area contributed by atoms with Crippen LogP contribution in [0.3, 0.4) is 0 Å². The summed E-state index contributed by atoms with van der Waals surface area (Å²) in [6.07, 6.45) is 4.67. The summed E-state index contributed by atoms with van der Waals surface area (Å²) in [6.45, 7) is 0. The van der Waals surface area contributed by atoms with Gasteiger partial charge < -0.3 is 4.98 Å². The summed E-state index contributed by atoms with van der Waals surface area (Å²) in [5.41, 5.74) is 1.46. The van der Waals surface area contributed by atoms with Crippen molar-refractivity contribution in [1.82, 2.24) is 15.0 Å². The van der Waals surface area contributed by atoms with Crippen LogP contribution in [-0.2, 0) is 0 Å². The lowest BCUT2D eigenvalue weighted by molar-refractivity contribution is 1.27. The first-order valence-electron chi connectivity index (χ1n) is 3.63. The molecule has 5 heteroatoms. The van der Waals surface area contributed by atoms with Crippen LogP contribution in [0, 0.1) is 11.5 Å². The third-order valence-corrected chi connectivity index (χ3v) is 1.52. The van der Waals surface area contributed by atoms with E-state index < -0.39 is 0 Å². The van der Waals surface area contributed by atoms with Gasteiger partial charge in [0.05, 0.1) is 11.7 Å². The molecule has 0 atom stereocenters. The molecule has 0 aliphatic rings. The highest BCUT2D eigenvalue weighted by atomic mass is 15.0. The minimum atomic E-state index is 0.537. The molecule has 0 fully saturated rings. The zero-order chi connectivity index (χ0) is 9.10. The number of aromatic nitrogens is 3. The molecule has 0 saturated heterocycles. The molecule has 5 nitrogen and oxygen atoms in total. The summed E-state index contributed by atoms with van der Waals surface area (Å²) in [6, 6.07) is 3.67. The largest absolute Gasteiger partial charge is 0.336 e. The van der Waals surface area contributed by atoms with Gasteiger partial charge in [-0.3, -0.25) is 0 Å². The molecule has 0 unspecified atom stereocenters. The molecule has 0 aromatic carbocycles. The zero-order valence-electron chi connectivity index (χ0n) is 6.60. The lowest BCUT2D eigenvalue weighted by atomic mass is 10.4. The number of rotatable bonds is 1. The van der Waals surface area contributed by atoms with Crippen molar-refractivity contribution in [3.05, 3.63) is 24.2 Å². The van der Waals surface area contributed by atoms with Crippen molar-refractivity contribution < 1.29 is 0 Å². The molecule has 2 aromatic heterocycles. The number of nitrogens with one attached hydrogen (secondary N) is 1. The van der Waals surface area contributed by atoms with Crippen LogP contribution < -0.4 is 0 Å². The van der Waals surface area contributed by atoms with Crippen molar-refractivity contribution in [2.45, 2.75) is 0 Å². The molecule has 0 saturated carbocycles. The zero-order valence-corrected chi connectivity index (χ0v) is 6.60. The Bertz CT molecular complexity index is 457. The third-order valence-electron chi connectivity index (χ3n) is 1.52. The molecular weight excluding hydrogens is 166 g/mol. The monoisotopic (exact) mass is 171 g/mol. The summed E-state index contributed by atoms with van der Waals surface area (Å²) < 4.78 is 0. The number of aromatic amines is 1. The number of imidazole rings is 1. The van der Waals surface area contributed by atoms with Gasteiger partial charge in [-0.25, -0.2) is 9.97 Å². The van der Waals surface area contributed by atoms with Crippen LogP contribution in [0.25, 0.3) is 11.2 Å². The number of aliphatic imine (C=N–C) groups is 1. The maximum atomic E-state index is 8.20. The fourth-order valence-corrected chi connectivity index (χ4v) is 1.01. The lowest BCUT2D eigenvalue weighted by Gasteiger charge is -1.80. The Morgan fingerprint density at radius 1 is 1.62 bits per heavy atom. The second kappa shape index (κ2) is 3.03. The highest BCUT2D eigenvalue weighted by Crippen LogP contribution is 2.05. The van der Waals surface area contributed by atoms with Crippen molar-refractivity contribution >= 4 is 17.4 Å². The Balaban J connectivity index is 2.51. The van der Waals surface area contributed by atoms with Gasteiger partial charge in [-0.15, -0.1) is 0 Å². The van der Waals surface area contributed by atoms with E-state index in [1.54, 1.807) is 12.4 Å². The van der Waals surface area contributed by atoms with E-state index in [1.807, 2.05) is 12.1 Å². The predicted molar refractivity (Wildman–Crippen MR) is 47.1 cm³/mol. The number of pyridine rings is 1. The molecule has 1 N–H and O–H groups in total. The van der Waals surface area contributed by atoms with E-state index >= 15 is 0 Å². The van der Waals surface area contributed by atoms with Crippen LogP contribution in [0.1, 0.15) is 5.82 Å². The van der Waals surface area contributed by atoms with E-state index in [0.717, 1.165) is 5.52 Å². The maximum Gasteiger partial charge on any atom is 0.205 e. The van der Waals surface area contributed by atoms with Gasteiger partial charge in [0.1, 0.15) is 0 Å². The molecule has 0 aliphatic carbocycles. The molecule has 62 valence electrons. The highest BCUT2D eigenvalue weighted by Gasteiger charge is 1.98. The Labute approximate surface area is 73.8 Å². The summed E-state index contributed by atoms with van der Waals surface area (Å²) in [7, 11) is 0. The lowest BCUT2D eigenvalue weighted by Crippen LogP contribution is -1.81. The highest BCUT2D eigenvalue weighted by molar-refractivity contribution is 5.82. The summed E-state index contributed by atoms with van der Waals surface area (Å²) >= 11 is 0. The van der Waals surface area contributed by atoms with Crippen molar-refractivity contribution in [2.75, 3.05) is 0 Å². The van der Waals surface area contributed by atoms with E-state index in [1.165, 1.54) is 6.21 Å². The Kier molecular flexibility index (Phi) is 1.73. The van der Waals surface area contributed by atoms with Crippen LogP contribution in [0.4, 0.5) is 0 Å². The van der Waals surface area contributed by atoms with Gasteiger partial charge in [0, 0.05) is 6.20 Å². The van der Waals surface area contributed by atoms with Gasteiger partial charge in [-0.2, -0.15) is 10.3 Å². The molecule has 0 radical (unpaired) electrons. The number of hydrogen-bond acceptors (Lipinski definition) is 4. The van der Waals surface area contributed by atoms with Crippen LogP contribution in [-0.4, -0.2) is 21.2 Å². The second-order valence-corrected chi connectivity index (χ2v) is 2.35. The first-order chi connectivity index (χ1) is 6.40. The normalized spacial score (nSPS) is 10.7. The van der Waals surface area contributed by atoms with Gasteiger partial charge in [-0.1, -0.05) is 0 Å². The molecule has 2 heterocycles. The summed E-state index contributed by atoms with van der Waals surface area (Å²) in [5.74, 6) is 0.537. The topological polar surface area (TPSA) is 77.7 Å².